The number of nitrogens with zero attached hydrogens (tertiary/aromatic N) is 1. The zero-order valence-electron chi connectivity index (χ0n) is 10.8. The number of hydrogen-bond acceptors (Lipinski definition) is 3. The molecule has 0 aromatic heterocycles. The maximum atomic E-state index is 12.1. The van der Waals surface area contributed by atoms with Crippen LogP contribution in [-0.4, -0.2) is 43.6 Å². The van der Waals surface area contributed by atoms with E-state index in [-0.39, 0.29) is 11.8 Å². The van der Waals surface area contributed by atoms with Crippen LogP contribution >= 0.6 is 0 Å². The van der Waals surface area contributed by atoms with Gasteiger partial charge in [-0.15, -0.1) is 0 Å². The highest BCUT2D eigenvalue weighted by Gasteiger charge is 2.22. The molecule has 1 aliphatic rings. The molecule has 2 rings (SSSR count). The van der Waals surface area contributed by atoms with E-state index in [0.717, 1.165) is 31.9 Å². The van der Waals surface area contributed by atoms with Crippen molar-refractivity contribution in [2.75, 3.05) is 32.8 Å². The summed E-state index contributed by atoms with van der Waals surface area (Å²) in [4.78, 5) is 14.0. The van der Waals surface area contributed by atoms with Gasteiger partial charge in [-0.2, -0.15) is 0 Å². The van der Waals surface area contributed by atoms with Crippen molar-refractivity contribution in [2.24, 2.45) is 5.92 Å². The third-order valence-corrected chi connectivity index (χ3v) is 3.09. The van der Waals surface area contributed by atoms with Crippen LogP contribution in [0.15, 0.2) is 30.3 Å². The molecule has 1 aliphatic heterocycles. The molecule has 1 fully saturated rings. The molecule has 0 radical (unpaired) electrons. The van der Waals surface area contributed by atoms with Gasteiger partial charge in [0.25, 0.3) is 0 Å². The quantitative estimate of drug-likeness (QED) is 0.868. The van der Waals surface area contributed by atoms with E-state index in [9.17, 15) is 4.79 Å². The van der Waals surface area contributed by atoms with Crippen LogP contribution in [0.3, 0.4) is 0 Å². The molecule has 1 heterocycles. The first-order valence-electron chi connectivity index (χ1n) is 6.45. The van der Waals surface area contributed by atoms with Crippen molar-refractivity contribution in [3.05, 3.63) is 30.3 Å². The van der Waals surface area contributed by atoms with Gasteiger partial charge in [0.2, 0.25) is 5.91 Å². The second-order valence-electron chi connectivity index (χ2n) is 4.60. The molecule has 1 aromatic carbocycles. The molecular weight excluding hydrogens is 228 g/mol. The summed E-state index contributed by atoms with van der Waals surface area (Å²) >= 11 is 0. The van der Waals surface area contributed by atoms with Crippen LogP contribution in [0.1, 0.15) is 6.92 Å². The topological polar surface area (TPSA) is 41.6 Å². The lowest BCUT2D eigenvalue weighted by Crippen LogP contribution is -2.48. The van der Waals surface area contributed by atoms with Crippen LogP contribution in [0.5, 0.6) is 5.75 Å². The molecule has 1 amide bonds. The summed E-state index contributed by atoms with van der Waals surface area (Å²) in [6.07, 6.45) is 0. The highest BCUT2D eigenvalue weighted by atomic mass is 16.5. The minimum atomic E-state index is -0.0942. The second kappa shape index (κ2) is 6.40. The number of benzene rings is 1. The van der Waals surface area contributed by atoms with Crippen LogP contribution in [0.2, 0.25) is 0 Å². The van der Waals surface area contributed by atoms with Crippen molar-refractivity contribution in [1.29, 1.82) is 0 Å². The minimum absolute atomic E-state index is 0.0942. The van der Waals surface area contributed by atoms with Gasteiger partial charge >= 0.3 is 0 Å². The van der Waals surface area contributed by atoms with Gasteiger partial charge in [0.05, 0.1) is 12.5 Å². The lowest BCUT2D eigenvalue weighted by Gasteiger charge is -2.29. The SMILES string of the molecule is CC(COc1ccccc1)C(=O)N1CCNCC1. The van der Waals surface area contributed by atoms with Gasteiger partial charge in [-0.1, -0.05) is 25.1 Å². The lowest BCUT2D eigenvalue weighted by molar-refractivity contribution is -0.136. The van der Waals surface area contributed by atoms with Gasteiger partial charge in [-0.25, -0.2) is 0 Å². The van der Waals surface area contributed by atoms with Gasteiger partial charge < -0.3 is 15.0 Å². The van der Waals surface area contributed by atoms with E-state index < -0.39 is 0 Å². The van der Waals surface area contributed by atoms with Crippen molar-refractivity contribution >= 4 is 5.91 Å². The fraction of sp³-hybridized carbons (Fsp3) is 0.500. The molecule has 0 bridgehead atoms. The molecule has 18 heavy (non-hydrogen) atoms. The summed E-state index contributed by atoms with van der Waals surface area (Å²) in [6.45, 7) is 5.74. The average Bonchev–Trinajstić information content (AvgIpc) is 2.46. The van der Waals surface area contributed by atoms with Gasteiger partial charge in [-0.05, 0) is 12.1 Å². The maximum Gasteiger partial charge on any atom is 0.228 e. The van der Waals surface area contributed by atoms with Gasteiger partial charge in [0, 0.05) is 26.2 Å². The molecule has 1 atom stereocenters. The number of hydrogen-bond donors (Lipinski definition) is 1. The smallest absolute Gasteiger partial charge is 0.228 e. The fourth-order valence-corrected chi connectivity index (χ4v) is 2.01. The third-order valence-electron chi connectivity index (χ3n) is 3.09. The van der Waals surface area contributed by atoms with E-state index in [1.807, 2.05) is 42.2 Å². The molecular formula is C14H20N2O2. The first-order chi connectivity index (χ1) is 8.77. The molecule has 1 saturated heterocycles. The average molecular weight is 248 g/mol. The number of piperazine rings is 1. The normalized spacial score (nSPS) is 17.3. The van der Waals surface area contributed by atoms with E-state index in [4.69, 9.17) is 4.74 Å². The molecule has 1 N–H and O–H groups in total. The standard InChI is InChI=1S/C14H20N2O2/c1-12(11-18-13-5-3-2-4-6-13)14(17)16-9-7-15-8-10-16/h2-6,12,15H,7-11H2,1H3. The zero-order chi connectivity index (χ0) is 12.8. The van der Waals surface area contributed by atoms with Crippen molar-refractivity contribution in [1.82, 2.24) is 10.2 Å². The third kappa shape index (κ3) is 3.47. The molecule has 0 saturated carbocycles. The van der Waals surface area contributed by atoms with Crippen molar-refractivity contribution in [2.45, 2.75) is 6.92 Å². The Labute approximate surface area is 108 Å². The number of ether oxygens (including phenoxy) is 1. The molecule has 98 valence electrons. The van der Waals surface area contributed by atoms with Crippen LogP contribution in [0, 0.1) is 5.92 Å². The molecule has 1 unspecified atom stereocenters. The van der Waals surface area contributed by atoms with Crippen LogP contribution in [0.4, 0.5) is 0 Å². The van der Waals surface area contributed by atoms with E-state index >= 15 is 0 Å². The van der Waals surface area contributed by atoms with E-state index in [2.05, 4.69) is 5.32 Å². The van der Waals surface area contributed by atoms with Crippen LogP contribution in [-0.2, 0) is 4.79 Å². The first-order valence-corrected chi connectivity index (χ1v) is 6.45. The number of carbonyl (C=O) groups is 1. The molecule has 1 aromatic rings. The summed E-state index contributed by atoms with van der Waals surface area (Å²) in [6, 6.07) is 9.61. The van der Waals surface area contributed by atoms with Gasteiger partial charge in [0.15, 0.2) is 0 Å². The number of rotatable bonds is 4. The summed E-state index contributed by atoms with van der Waals surface area (Å²) in [7, 11) is 0. The molecule has 4 nitrogen and oxygen atoms in total. The van der Waals surface area contributed by atoms with Gasteiger partial charge in [0.1, 0.15) is 5.75 Å². The monoisotopic (exact) mass is 248 g/mol. The van der Waals surface area contributed by atoms with Crippen molar-refractivity contribution < 1.29 is 9.53 Å². The summed E-state index contributed by atoms with van der Waals surface area (Å²) in [5, 5.41) is 3.24. The number of para-hydroxylation sites is 1. The lowest BCUT2D eigenvalue weighted by atomic mass is 10.1. The highest BCUT2D eigenvalue weighted by molar-refractivity contribution is 5.78. The summed E-state index contributed by atoms with van der Waals surface area (Å²) < 4.78 is 5.62. The predicted octanol–water partition coefficient (Wildman–Crippen LogP) is 1.13. The van der Waals surface area contributed by atoms with Crippen molar-refractivity contribution in [3.8, 4) is 5.75 Å². The predicted molar refractivity (Wildman–Crippen MR) is 70.6 cm³/mol. The summed E-state index contributed by atoms with van der Waals surface area (Å²) in [5.74, 6) is 0.910. The number of nitrogens with one attached hydrogen (secondary N) is 1. The van der Waals surface area contributed by atoms with Crippen LogP contribution in [0.25, 0.3) is 0 Å². The van der Waals surface area contributed by atoms with Gasteiger partial charge in [-0.3, -0.25) is 4.79 Å². The Morgan fingerprint density at radius 1 is 1.33 bits per heavy atom. The Morgan fingerprint density at radius 2 is 2.00 bits per heavy atom. The van der Waals surface area contributed by atoms with Crippen LogP contribution < -0.4 is 10.1 Å². The second-order valence-corrected chi connectivity index (χ2v) is 4.60. The number of carbonyl (C=O) groups excluding carboxylic acids is 1. The molecule has 4 heteroatoms. The van der Waals surface area contributed by atoms with Crippen molar-refractivity contribution in [3.63, 3.8) is 0 Å². The van der Waals surface area contributed by atoms with E-state index in [0.29, 0.717) is 6.61 Å². The molecule has 0 spiro atoms. The highest BCUT2D eigenvalue weighted by Crippen LogP contribution is 2.11. The Kier molecular flexibility index (Phi) is 4.59. The first kappa shape index (κ1) is 12.9. The van der Waals surface area contributed by atoms with E-state index in [1.54, 1.807) is 0 Å². The Bertz CT molecular complexity index is 375. The Morgan fingerprint density at radius 3 is 2.67 bits per heavy atom. The largest absolute Gasteiger partial charge is 0.493 e. The minimum Gasteiger partial charge on any atom is -0.493 e. The zero-order valence-corrected chi connectivity index (χ0v) is 10.8. The Hall–Kier alpha value is -1.55. The Balaban J connectivity index is 1.80. The molecule has 0 aliphatic carbocycles. The number of amides is 1. The maximum absolute atomic E-state index is 12.1. The fourth-order valence-electron chi connectivity index (χ4n) is 2.01. The van der Waals surface area contributed by atoms with E-state index in [1.165, 1.54) is 0 Å². The summed E-state index contributed by atoms with van der Waals surface area (Å²) in [5.41, 5.74) is 0.